The summed E-state index contributed by atoms with van der Waals surface area (Å²) in [6.45, 7) is -0.0179. The molecule has 0 amide bonds. The molecule has 0 saturated carbocycles. The second-order valence-electron chi connectivity index (χ2n) is 4.32. The van der Waals surface area contributed by atoms with Gasteiger partial charge in [-0.25, -0.2) is 4.39 Å². The van der Waals surface area contributed by atoms with Crippen molar-refractivity contribution in [2.45, 2.75) is 6.54 Å². The molecule has 6 heteroatoms. The number of para-hydroxylation sites is 2. The quantitative estimate of drug-likeness (QED) is 0.815. The number of carboxylic acids is 1. The summed E-state index contributed by atoms with van der Waals surface area (Å²) in [5.41, 5.74) is 7.50. The average molecular weight is 275 g/mol. The molecular weight excluding hydrogens is 261 g/mol. The minimum absolute atomic E-state index is 0.214. The van der Waals surface area contributed by atoms with Crippen molar-refractivity contribution in [1.29, 1.82) is 0 Å². The van der Waals surface area contributed by atoms with E-state index in [0.29, 0.717) is 16.9 Å². The fourth-order valence-corrected chi connectivity index (χ4v) is 1.93. The zero-order valence-corrected chi connectivity index (χ0v) is 10.7. The maximum absolute atomic E-state index is 13.1. The number of aliphatic carboxylic acids is 1. The molecule has 0 aliphatic rings. The summed E-state index contributed by atoms with van der Waals surface area (Å²) in [6, 6.07) is 8.27. The van der Waals surface area contributed by atoms with Crippen molar-refractivity contribution in [1.82, 2.24) is 4.98 Å². The lowest BCUT2D eigenvalue weighted by molar-refractivity contribution is -0.135. The molecule has 2 aromatic rings. The first-order chi connectivity index (χ1) is 9.56. The molecule has 104 valence electrons. The molecule has 20 heavy (non-hydrogen) atoms. The Bertz CT molecular complexity index is 619. The van der Waals surface area contributed by atoms with Crippen molar-refractivity contribution in [2.24, 2.45) is 0 Å². The maximum Gasteiger partial charge on any atom is 0.323 e. The molecule has 0 radical (unpaired) electrons. The number of nitrogen functional groups attached to an aromatic ring is 1. The standard InChI is InChI=1S/C14H14FN3O2/c15-11-5-10(6-17-7-11)8-18(9-14(19)20)13-4-2-1-3-12(13)16/h1-7H,8-9,16H2,(H,19,20). The summed E-state index contributed by atoms with van der Waals surface area (Å²) in [5.74, 6) is -1.45. The van der Waals surface area contributed by atoms with Gasteiger partial charge in [0.1, 0.15) is 12.4 Å². The molecule has 0 atom stereocenters. The highest BCUT2D eigenvalue weighted by Gasteiger charge is 2.14. The fraction of sp³-hybridized carbons (Fsp3) is 0.143. The fourth-order valence-electron chi connectivity index (χ4n) is 1.93. The van der Waals surface area contributed by atoms with Crippen molar-refractivity contribution in [3.8, 4) is 0 Å². The third-order valence-corrected chi connectivity index (χ3v) is 2.74. The van der Waals surface area contributed by atoms with Crippen LogP contribution in [0.15, 0.2) is 42.7 Å². The predicted octanol–water partition coefficient (Wildman–Crippen LogP) is 1.89. The Morgan fingerprint density at radius 3 is 2.75 bits per heavy atom. The number of aromatic nitrogens is 1. The van der Waals surface area contributed by atoms with E-state index < -0.39 is 11.8 Å². The van der Waals surface area contributed by atoms with Crippen LogP contribution in [0.4, 0.5) is 15.8 Å². The first-order valence-electron chi connectivity index (χ1n) is 5.97. The van der Waals surface area contributed by atoms with Gasteiger partial charge in [0.05, 0.1) is 17.6 Å². The van der Waals surface area contributed by atoms with Crippen molar-refractivity contribution in [3.05, 3.63) is 54.1 Å². The normalized spacial score (nSPS) is 10.2. The smallest absolute Gasteiger partial charge is 0.323 e. The number of hydrogen-bond acceptors (Lipinski definition) is 4. The molecule has 3 N–H and O–H groups in total. The summed E-state index contributed by atoms with van der Waals surface area (Å²) < 4.78 is 13.1. The van der Waals surface area contributed by atoms with Gasteiger partial charge < -0.3 is 15.7 Å². The average Bonchev–Trinajstić information content (AvgIpc) is 2.38. The van der Waals surface area contributed by atoms with Crippen LogP contribution < -0.4 is 10.6 Å². The number of anilines is 2. The molecule has 0 saturated heterocycles. The highest BCUT2D eigenvalue weighted by molar-refractivity contribution is 5.77. The Balaban J connectivity index is 2.29. The molecule has 0 fully saturated rings. The topological polar surface area (TPSA) is 79.5 Å². The van der Waals surface area contributed by atoms with Crippen LogP contribution in [0.5, 0.6) is 0 Å². The number of rotatable bonds is 5. The summed E-state index contributed by atoms with van der Waals surface area (Å²) in [4.78, 5) is 16.3. The Kier molecular flexibility index (Phi) is 4.14. The Labute approximate surface area is 115 Å². The van der Waals surface area contributed by atoms with Gasteiger partial charge in [-0.15, -0.1) is 0 Å². The molecule has 1 heterocycles. The molecule has 0 unspecified atom stereocenters. The van der Waals surface area contributed by atoms with Crippen LogP contribution >= 0.6 is 0 Å². The number of halogens is 1. The van der Waals surface area contributed by atoms with Crippen LogP contribution in [0, 0.1) is 5.82 Å². The van der Waals surface area contributed by atoms with Crippen molar-refractivity contribution >= 4 is 17.3 Å². The van der Waals surface area contributed by atoms with Gasteiger partial charge in [-0.3, -0.25) is 9.78 Å². The van der Waals surface area contributed by atoms with E-state index in [-0.39, 0.29) is 13.1 Å². The number of benzene rings is 1. The van der Waals surface area contributed by atoms with E-state index in [2.05, 4.69) is 4.98 Å². The van der Waals surface area contributed by atoms with Gasteiger partial charge in [0, 0.05) is 12.7 Å². The first-order valence-corrected chi connectivity index (χ1v) is 5.97. The number of carbonyl (C=O) groups is 1. The largest absolute Gasteiger partial charge is 0.480 e. The van der Waals surface area contributed by atoms with Gasteiger partial charge >= 0.3 is 5.97 Å². The first kappa shape index (κ1) is 13.8. The highest BCUT2D eigenvalue weighted by atomic mass is 19.1. The lowest BCUT2D eigenvalue weighted by Crippen LogP contribution is -2.29. The zero-order chi connectivity index (χ0) is 14.5. The van der Waals surface area contributed by atoms with E-state index in [9.17, 15) is 9.18 Å². The number of carboxylic acid groups (broad SMARTS) is 1. The molecule has 1 aromatic carbocycles. The second-order valence-corrected chi connectivity index (χ2v) is 4.32. The molecule has 1 aromatic heterocycles. The number of pyridine rings is 1. The van der Waals surface area contributed by atoms with Gasteiger partial charge in [-0.1, -0.05) is 12.1 Å². The lowest BCUT2D eigenvalue weighted by atomic mass is 10.2. The third kappa shape index (κ3) is 3.44. The van der Waals surface area contributed by atoms with E-state index in [1.165, 1.54) is 12.3 Å². The second kappa shape index (κ2) is 6.01. The summed E-state index contributed by atoms with van der Waals surface area (Å²) in [5, 5.41) is 9.00. The van der Waals surface area contributed by atoms with Crippen LogP contribution in [0.1, 0.15) is 5.56 Å². The highest BCUT2D eigenvalue weighted by Crippen LogP contribution is 2.24. The van der Waals surface area contributed by atoms with Crippen LogP contribution in [-0.2, 0) is 11.3 Å². The van der Waals surface area contributed by atoms with Gasteiger partial charge in [-0.05, 0) is 23.8 Å². The van der Waals surface area contributed by atoms with Crippen LogP contribution in [0.2, 0.25) is 0 Å². The zero-order valence-electron chi connectivity index (χ0n) is 10.7. The summed E-state index contributed by atoms with van der Waals surface area (Å²) >= 11 is 0. The van der Waals surface area contributed by atoms with Gasteiger partial charge in [0.2, 0.25) is 0 Å². The monoisotopic (exact) mass is 275 g/mol. The molecule has 0 aliphatic carbocycles. The molecule has 0 bridgehead atoms. The maximum atomic E-state index is 13.1. The van der Waals surface area contributed by atoms with E-state index >= 15 is 0 Å². The Morgan fingerprint density at radius 1 is 1.35 bits per heavy atom. The summed E-state index contributed by atoms with van der Waals surface area (Å²) in [6.07, 6.45) is 2.60. The Hall–Kier alpha value is -2.63. The molecule has 0 aliphatic heterocycles. The molecule has 2 rings (SSSR count). The van der Waals surface area contributed by atoms with Crippen LogP contribution in [-0.4, -0.2) is 22.6 Å². The van der Waals surface area contributed by atoms with Gasteiger partial charge in [0.25, 0.3) is 0 Å². The minimum Gasteiger partial charge on any atom is -0.480 e. The van der Waals surface area contributed by atoms with E-state index in [4.69, 9.17) is 10.8 Å². The van der Waals surface area contributed by atoms with E-state index in [1.807, 2.05) is 0 Å². The van der Waals surface area contributed by atoms with Gasteiger partial charge in [-0.2, -0.15) is 0 Å². The lowest BCUT2D eigenvalue weighted by Gasteiger charge is -2.24. The van der Waals surface area contributed by atoms with Crippen molar-refractivity contribution < 1.29 is 14.3 Å². The van der Waals surface area contributed by atoms with Crippen LogP contribution in [0.25, 0.3) is 0 Å². The van der Waals surface area contributed by atoms with Gasteiger partial charge in [0.15, 0.2) is 0 Å². The number of nitrogens with zero attached hydrogens (tertiary/aromatic N) is 2. The molecule has 5 nitrogen and oxygen atoms in total. The van der Waals surface area contributed by atoms with Crippen LogP contribution in [0.3, 0.4) is 0 Å². The molecular formula is C14H14FN3O2. The SMILES string of the molecule is Nc1ccccc1N(CC(=O)O)Cc1cncc(F)c1. The predicted molar refractivity (Wildman–Crippen MR) is 73.7 cm³/mol. The number of nitrogens with two attached hydrogens (primary N) is 1. The van der Waals surface area contributed by atoms with E-state index in [0.717, 1.165) is 6.20 Å². The Morgan fingerprint density at radius 2 is 2.10 bits per heavy atom. The third-order valence-electron chi connectivity index (χ3n) is 2.74. The van der Waals surface area contributed by atoms with Crippen molar-refractivity contribution in [3.63, 3.8) is 0 Å². The van der Waals surface area contributed by atoms with Crippen molar-refractivity contribution in [2.75, 3.05) is 17.2 Å². The number of hydrogen-bond donors (Lipinski definition) is 2. The van der Waals surface area contributed by atoms with E-state index in [1.54, 1.807) is 29.2 Å². The summed E-state index contributed by atoms with van der Waals surface area (Å²) in [7, 11) is 0. The minimum atomic E-state index is -0.988. The molecule has 0 spiro atoms.